The van der Waals surface area contributed by atoms with Crippen LogP contribution in [0.15, 0.2) is 88.7 Å². The summed E-state index contributed by atoms with van der Waals surface area (Å²) < 4.78 is 28.2. The van der Waals surface area contributed by atoms with E-state index in [1.807, 2.05) is 50.2 Å². The highest BCUT2D eigenvalue weighted by atomic mass is 32.2. The van der Waals surface area contributed by atoms with Crippen LogP contribution in [-0.4, -0.2) is 26.6 Å². The largest absolute Gasteiger partial charge is 0.323 e. The summed E-state index contributed by atoms with van der Waals surface area (Å²) in [4.78, 5) is 14.1. The second-order valence-electron chi connectivity index (χ2n) is 6.78. The SMILES string of the molecule is CCSc1ccccc1NC(=O)CN(c1ccccc1CC)S(=O)(=O)c1ccccc1. The third-order valence-corrected chi connectivity index (χ3v) is 7.45. The standard InChI is InChI=1S/C24H26N2O3S2/c1-3-19-12-8-10-16-22(19)26(31(28,29)20-13-6-5-7-14-20)18-24(27)25-21-15-9-11-17-23(21)30-4-2/h5-17H,3-4,18H2,1-2H3,(H,25,27). The van der Waals surface area contributed by atoms with Crippen LogP contribution in [0.25, 0.3) is 0 Å². The number of carbonyl (C=O) groups is 1. The van der Waals surface area contributed by atoms with Crippen molar-refractivity contribution in [3.05, 3.63) is 84.4 Å². The highest BCUT2D eigenvalue weighted by Gasteiger charge is 2.28. The number of nitrogens with zero attached hydrogens (tertiary/aromatic N) is 1. The number of benzene rings is 3. The Hall–Kier alpha value is -2.77. The first kappa shape index (κ1) is 22.9. The summed E-state index contributed by atoms with van der Waals surface area (Å²) in [6.45, 7) is 3.68. The van der Waals surface area contributed by atoms with Gasteiger partial charge in [-0.15, -0.1) is 11.8 Å². The van der Waals surface area contributed by atoms with E-state index in [9.17, 15) is 13.2 Å². The number of thioether (sulfide) groups is 1. The summed E-state index contributed by atoms with van der Waals surface area (Å²) >= 11 is 1.62. The molecule has 0 bridgehead atoms. The van der Waals surface area contributed by atoms with Gasteiger partial charge in [0, 0.05) is 4.90 Å². The minimum absolute atomic E-state index is 0.149. The van der Waals surface area contributed by atoms with Gasteiger partial charge in [-0.05, 0) is 48.1 Å². The van der Waals surface area contributed by atoms with Crippen molar-refractivity contribution in [2.24, 2.45) is 0 Å². The molecule has 3 aromatic carbocycles. The molecule has 0 saturated heterocycles. The molecule has 3 rings (SSSR count). The topological polar surface area (TPSA) is 66.5 Å². The van der Waals surface area contributed by atoms with Gasteiger partial charge in [0.25, 0.3) is 10.0 Å². The van der Waals surface area contributed by atoms with Crippen LogP contribution >= 0.6 is 11.8 Å². The van der Waals surface area contributed by atoms with Crippen molar-refractivity contribution in [2.45, 2.75) is 30.1 Å². The zero-order valence-electron chi connectivity index (χ0n) is 17.6. The highest BCUT2D eigenvalue weighted by molar-refractivity contribution is 7.99. The molecule has 3 aromatic rings. The Balaban J connectivity index is 1.97. The highest BCUT2D eigenvalue weighted by Crippen LogP contribution is 2.29. The Bertz CT molecular complexity index is 1130. The van der Waals surface area contributed by atoms with Crippen molar-refractivity contribution in [3.8, 4) is 0 Å². The number of sulfonamides is 1. The molecule has 0 aliphatic carbocycles. The zero-order chi connectivity index (χ0) is 22.3. The lowest BCUT2D eigenvalue weighted by atomic mass is 10.1. The Morgan fingerprint density at radius 1 is 0.903 bits per heavy atom. The van der Waals surface area contributed by atoms with E-state index in [1.54, 1.807) is 54.2 Å². The van der Waals surface area contributed by atoms with Gasteiger partial charge in [-0.1, -0.05) is 62.4 Å². The van der Waals surface area contributed by atoms with E-state index < -0.39 is 15.9 Å². The molecule has 1 amide bonds. The maximum atomic E-state index is 13.5. The van der Waals surface area contributed by atoms with Gasteiger partial charge in [0.1, 0.15) is 6.54 Å². The molecule has 0 aliphatic rings. The Morgan fingerprint density at radius 3 is 2.26 bits per heavy atom. The first-order valence-corrected chi connectivity index (χ1v) is 12.6. The van der Waals surface area contributed by atoms with Crippen LogP contribution in [0.5, 0.6) is 0 Å². The molecule has 162 valence electrons. The Morgan fingerprint density at radius 2 is 1.55 bits per heavy atom. The second-order valence-corrected chi connectivity index (χ2v) is 9.95. The van der Waals surface area contributed by atoms with Gasteiger partial charge in [-0.2, -0.15) is 0 Å². The third-order valence-electron chi connectivity index (χ3n) is 4.72. The summed E-state index contributed by atoms with van der Waals surface area (Å²) in [6, 6.07) is 23.0. The first-order chi connectivity index (χ1) is 15.0. The monoisotopic (exact) mass is 454 g/mol. The summed E-state index contributed by atoms with van der Waals surface area (Å²) in [5.74, 6) is 0.472. The molecule has 0 spiro atoms. The summed E-state index contributed by atoms with van der Waals surface area (Å²) in [5, 5.41) is 2.89. The quantitative estimate of drug-likeness (QED) is 0.452. The number of anilines is 2. The van der Waals surface area contributed by atoms with Crippen LogP contribution in [0.3, 0.4) is 0 Å². The van der Waals surface area contributed by atoms with Gasteiger partial charge in [-0.3, -0.25) is 9.10 Å². The Kier molecular flexibility index (Phi) is 7.76. The van der Waals surface area contributed by atoms with Crippen molar-refractivity contribution in [1.82, 2.24) is 0 Å². The molecular formula is C24H26N2O3S2. The molecule has 0 aromatic heterocycles. The van der Waals surface area contributed by atoms with Crippen LogP contribution < -0.4 is 9.62 Å². The van der Waals surface area contributed by atoms with E-state index >= 15 is 0 Å². The van der Waals surface area contributed by atoms with E-state index in [4.69, 9.17) is 0 Å². The van der Waals surface area contributed by atoms with Crippen molar-refractivity contribution < 1.29 is 13.2 Å². The minimum Gasteiger partial charge on any atom is -0.323 e. The van der Waals surface area contributed by atoms with Crippen LogP contribution in [0, 0.1) is 0 Å². The molecule has 31 heavy (non-hydrogen) atoms. The number of amides is 1. The molecule has 0 radical (unpaired) electrons. The first-order valence-electron chi connectivity index (χ1n) is 10.1. The zero-order valence-corrected chi connectivity index (χ0v) is 19.2. The predicted octanol–water partition coefficient (Wildman–Crippen LogP) is 5.20. The van der Waals surface area contributed by atoms with Crippen molar-refractivity contribution in [3.63, 3.8) is 0 Å². The molecule has 0 unspecified atom stereocenters. The fourth-order valence-electron chi connectivity index (χ4n) is 3.24. The molecule has 0 atom stereocenters. The summed E-state index contributed by atoms with van der Waals surface area (Å²) in [5.41, 5.74) is 2.05. The summed E-state index contributed by atoms with van der Waals surface area (Å²) in [6.07, 6.45) is 0.647. The van der Waals surface area contributed by atoms with Crippen molar-refractivity contribution in [2.75, 3.05) is 21.9 Å². The van der Waals surface area contributed by atoms with Gasteiger partial charge >= 0.3 is 0 Å². The molecule has 0 aliphatic heterocycles. The van der Waals surface area contributed by atoms with E-state index in [1.165, 1.54) is 4.31 Å². The normalized spacial score (nSPS) is 11.2. The average Bonchev–Trinajstić information content (AvgIpc) is 2.79. The molecule has 1 N–H and O–H groups in total. The average molecular weight is 455 g/mol. The predicted molar refractivity (Wildman–Crippen MR) is 128 cm³/mol. The maximum absolute atomic E-state index is 13.5. The fourth-order valence-corrected chi connectivity index (χ4v) is 5.48. The van der Waals surface area contributed by atoms with Crippen LogP contribution in [0.1, 0.15) is 19.4 Å². The lowest BCUT2D eigenvalue weighted by Crippen LogP contribution is -2.38. The van der Waals surface area contributed by atoms with Crippen LogP contribution in [0.4, 0.5) is 11.4 Å². The molecule has 0 fully saturated rings. The van der Waals surface area contributed by atoms with Gasteiger partial charge in [0.05, 0.1) is 16.3 Å². The number of rotatable bonds is 9. The molecule has 5 nitrogen and oxygen atoms in total. The van der Waals surface area contributed by atoms with Gasteiger partial charge in [0.15, 0.2) is 0 Å². The lowest BCUT2D eigenvalue weighted by Gasteiger charge is -2.26. The molecule has 7 heteroatoms. The molecular weight excluding hydrogens is 428 g/mol. The number of hydrogen-bond acceptors (Lipinski definition) is 4. The van der Waals surface area contributed by atoms with E-state index in [-0.39, 0.29) is 11.4 Å². The molecule has 0 heterocycles. The number of para-hydroxylation sites is 2. The summed E-state index contributed by atoms with van der Waals surface area (Å²) in [7, 11) is -3.93. The third kappa shape index (κ3) is 5.48. The van der Waals surface area contributed by atoms with Gasteiger partial charge in [0.2, 0.25) is 5.91 Å². The number of aryl methyl sites for hydroxylation is 1. The van der Waals surface area contributed by atoms with Gasteiger partial charge < -0.3 is 5.32 Å². The molecule has 0 saturated carbocycles. The minimum atomic E-state index is -3.93. The number of nitrogens with one attached hydrogen (secondary N) is 1. The fraction of sp³-hybridized carbons (Fsp3) is 0.208. The van der Waals surface area contributed by atoms with E-state index in [0.717, 1.165) is 16.2 Å². The number of carbonyl (C=O) groups excluding carboxylic acids is 1. The van der Waals surface area contributed by atoms with Crippen LogP contribution in [0.2, 0.25) is 0 Å². The Labute approximate surface area is 188 Å². The van der Waals surface area contributed by atoms with Crippen molar-refractivity contribution >= 4 is 39.1 Å². The van der Waals surface area contributed by atoms with E-state index in [0.29, 0.717) is 17.8 Å². The number of hydrogen-bond donors (Lipinski definition) is 1. The van der Waals surface area contributed by atoms with Gasteiger partial charge in [-0.25, -0.2) is 8.42 Å². The second kappa shape index (κ2) is 10.5. The lowest BCUT2D eigenvalue weighted by molar-refractivity contribution is -0.114. The van der Waals surface area contributed by atoms with Crippen LogP contribution in [-0.2, 0) is 21.2 Å². The smallest absolute Gasteiger partial charge is 0.264 e. The maximum Gasteiger partial charge on any atom is 0.264 e. The van der Waals surface area contributed by atoms with E-state index in [2.05, 4.69) is 5.32 Å². The van der Waals surface area contributed by atoms with Crippen molar-refractivity contribution in [1.29, 1.82) is 0 Å².